The van der Waals surface area contributed by atoms with Crippen LogP contribution in [0, 0.1) is 5.92 Å². The summed E-state index contributed by atoms with van der Waals surface area (Å²) < 4.78 is 32.4. The lowest BCUT2D eigenvalue weighted by atomic mass is 10.1. The zero-order valence-corrected chi connectivity index (χ0v) is 20.1. The molecule has 2 saturated heterocycles. The second kappa shape index (κ2) is 9.92. The predicted octanol–water partition coefficient (Wildman–Crippen LogP) is 2.16. The van der Waals surface area contributed by atoms with Gasteiger partial charge in [0.05, 0.1) is 25.7 Å². The number of carbonyl (C=O) groups is 2. The van der Waals surface area contributed by atoms with Crippen molar-refractivity contribution in [3.8, 4) is 0 Å². The number of thioether (sulfide) groups is 1. The number of carbonyl (C=O) groups excluding carboxylic acids is 2. The fraction of sp³-hybridized carbons (Fsp3) is 0.429. The lowest BCUT2D eigenvalue weighted by Crippen LogP contribution is -2.40. The molecule has 2 amide bonds. The summed E-state index contributed by atoms with van der Waals surface area (Å²) in [5.41, 5.74) is 0.791. The predicted molar refractivity (Wildman–Crippen MR) is 124 cm³/mol. The van der Waals surface area contributed by atoms with Gasteiger partial charge in [-0.15, -0.1) is 23.1 Å². The Morgan fingerprint density at radius 2 is 1.91 bits per heavy atom. The summed E-state index contributed by atoms with van der Waals surface area (Å²) in [6.45, 7) is 2.05. The number of nitrogens with zero attached hydrogens (tertiary/aromatic N) is 2. The topological polar surface area (TPSA) is 96.0 Å². The van der Waals surface area contributed by atoms with Crippen LogP contribution in [0.15, 0.2) is 45.5 Å². The molecular formula is C21H25N3O5S3. The van der Waals surface area contributed by atoms with Crippen molar-refractivity contribution in [2.75, 3.05) is 44.0 Å². The Kier molecular flexibility index (Phi) is 7.21. The van der Waals surface area contributed by atoms with Gasteiger partial charge in [0, 0.05) is 41.5 Å². The van der Waals surface area contributed by atoms with Gasteiger partial charge in [0.15, 0.2) is 0 Å². The van der Waals surface area contributed by atoms with Crippen LogP contribution in [0.5, 0.6) is 0 Å². The number of morpholine rings is 1. The summed E-state index contributed by atoms with van der Waals surface area (Å²) in [7, 11) is -3.54. The van der Waals surface area contributed by atoms with Crippen LogP contribution in [0.1, 0.15) is 11.3 Å². The number of benzene rings is 1. The quantitative estimate of drug-likeness (QED) is 0.592. The molecule has 0 aliphatic carbocycles. The fourth-order valence-corrected chi connectivity index (χ4v) is 6.99. The highest BCUT2D eigenvalue weighted by Gasteiger charge is 2.35. The Labute approximate surface area is 196 Å². The Morgan fingerprint density at radius 3 is 2.59 bits per heavy atom. The summed E-state index contributed by atoms with van der Waals surface area (Å²) in [6, 6.07) is 11.0. The zero-order chi connectivity index (χ0) is 22.7. The highest BCUT2D eigenvalue weighted by molar-refractivity contribution is 7.98. The van der Waals surface area contributed by atoms with Crippen molar-refractivity contribution in [2.24, 2.45) is 5.92 Å². The molecule has 1 aromatic carbocycles. The standard InChI is InChI=1S/C21H25N3O5S3/c1-30-17-4-2-16(3-5-17)24-14-15(12-19(24)25)21(26)22-13-18-6-7-20(31-18)32(27,28)23-8-10-29-11-9-23/h2-7,15H,8-14H2,1H3,(H,22,26). The van der Waals surface area contributed by atoms with Gasteiger partial charge < -0.3 is 15.0 Å². The Hall–Kier alpha value is -1.92. The van der Waals surface area contributed by atoms with Gasteiger partial charge in [0.2, 0.25) is 11.8 Å². The number of sulfonamides is 1. The van der Waals surface area contributed by atoms with Gasteiger partial charge >= 0.3 is 0 Å². The first kappa shape index (κ1) is 23.2. The molecule has 0 saturated carbocycles. The third kappa shape index (κ3) is 5.01. The van der Waals surface area contributed by atoms with Crippen molar-refractivity contribution in [3.63, 3.8) is 0 Å². The smallest absolute Gasteiger partial charge is 0.252 e. The molecule has 172 valence electrons. The molecule has 1 N–H and O–H groups in total. The van der Waals surface area contributed by atoms with Crippen LogP contribution in [0.2, 0.25) is 0 Å². The van der Waals surface area contributed by atoms with Crippen LogP contribution >= 0.6 is 23.1 Å². The van der Waals surface area contributed by atoms with E-state index in [-0.39, 0.29) is 29.0 Å². The van der Waals surface area contributed by atoms with E-state index in [9.17, 15) is 18.0 Å². The molecular weight excluding hydrogens is 470 g/mol. The Bertz CT molecular complexity index is 1080. The van der Waals surface area contributed by atoms with Gasteiger partial charge in [-0.1, -0.05) is 0 Å². The van der Waals surface area contributed by atoms with E-state index in [1.54, 1.807) is 28.8 Å². The fourth-order valence-electron chi connectivity index (χ4n) is 3.72. The van der Waals surface area contributed by atoms with Gasteiger partial charge in [-0.2, -0.15) is 4.31 Å². The minimum atomic E-state index is -3.54. The Balaban J connectivity index is 1.33. The monoisotopic (exact) mass is 495 g/mol. The molecule has 2 fully saturated rings. The van der Waals surface area contributed by atoms with Crippen molar-refractivity contribution in [1.29, 1.82) is 0 Å². The number of thiophene rings is 1. The minimum absolute atomic E-state index is 0.0722. The summed E-state index contributed by atoms with van der Waals surface area (Å²) in [6.07, 6.45) is 2.15. The summed E-state index contributed by atoms with van der Waals surface area (Å²) in [5.74, 6) is -0.705. The van der Waals surface area contributed by atoms with Crippen molar-refractivity contribution >= 4 is 50.6 Å². The first-order chi connectivity index (χ1) is 15.4. The largest absolute Gasteiger partial charge is 0.379 e. The van der Waals surface area contributed by atoms with E-state index in [4.69, 9.17) is 4.74 Å². The maximum absolute atomic E-state index is 12.7. The lowest BCUT2D eigenvalue weighted by Gasteiger charge is -2.25. The van der Waals surface area contributed by atoms with Gasteiger partial charge in [0.1, 0.15) is 4.21 Å². The van der Waals surface area contributed by atoms with Crippen LogP contribution in [0.25, 0.3) is 0 Å². The highest BCUT2D eigenvalue weighted by atomic mass is 32.2. The van der Waals surface area contributed by atoms with Crippen molar-refractivity contribution < 1.29 is 22.7 Å². The number of hydrogen-bond donors (Lipinski definition) is 1. The SMILES string of the molecule is CSc1ccc(N2CC(C(=O)NCc3ccc(S(=O)(=O)N4CCOCC4)s3)CC2=O)cc1. The van der Waals surface area contributed by atoms with Crippen molar-refractivity contribution in [2.45, 2.75) is 22.1 Å². The number of nitrogens with one attached hydrogen (secondary N) is 1. The molecule has 2 aliphatic rings. The number of ether oxygens (including phenoxy) is 1. The second-order valence-electron chi connectivity index (χ2n) is 7.56. The molecule has 1 unspecified atom stereocenters. The molecule has 8 nitrogen and oxygen atoms in total. The molecule has 2 aliphatic heterocycles. The highest BCUT2D eigenvalue weighted by Crippen LogP contribution is 2.28. The molecule has 2 aromatic rings. The maximum Gasteiger partial charge on any atom is 0.252 e. The average molecular weight is 496 g/mol. The molecule has 1 atom stereocenters. The van der Waals surface area contributed by atoms with E-state index in [0.717, 1.165) is 26.8 Å². The van der Waals surface area contributed by atoms with E-state index >= 15 is 0 Å². The van der Waals surface area contributed by atoms with Crippen molar-refractivity contribution in [3.05, 3.63) is 41.3 Å². The lowest BCUT2D eigenvalue weighted by molar-refractivity contribution is -0.126. The molecule has 32 heavy (non-hydrogen) atoms. The van der Waals surface area contributed by atoms with E-state index in [1.165, 1.54) is 4.31 Å². The number of rotatable bonds is 7. The van der Waals surface area contributed by atoms with E-state index < -0.39 is 15.9 Å². The number of hydrogen-bond acceptors (Lipinski definition) is 7. The second-order valence-corrected chi connectivity index (χ2v) is 11.8. The van der Waals surface area contributed by atoms with E-state index in [2.05, 4.69) is 5.32 Å². The first-order valence-corrected chi connectivity index (χ1v) is 13.8. The third-order valence-electron chi connectivity index (χ3n) is 5.52. The molecule has 1 aromatic heterocycles. The third-order valence-corrected chi connectivity index (χ3v) is 9.71. The molecule has 11 heteroatoms. The van der Waals surface area contributed by atoms with E-state index in [0.29, 0.717) is 32.8 Å². The molecule has 0 bridgehead atoms. The molecule has 3 heterocycles. The normalized spacial score (nSPS) is 20.0. The number of anilines is 1. The maximum atomic E-state index is 12.7. The first-order valence-electron chi connectivity index (χ1n) is 10.3. The van der Waals surface area contributed by atoms with Crippen LogP contribution in [0.3, 0.4) is 0 Å². The summed E-state index contributed by atoms with van der Waals surface area (Å²) >= 11 is 2.78. The van der Waals surface area contributed by atoms with Crippen LogP contribution in [-0.4, -0.2) is 63.6 Å². The van der Waals surface area contributed by atoms with Crippen LogP contribution < -0.4 is 10.2 Å². The number of amides is 2. The van der Waals surface area contributed by atoms with Gasteiger partial charge in [-0.3, -0.25) is 9.59 Å². The Morgan fingerprint density at radius 1 is 1.19 bits per heavy atom. The van der Waals surface area contributed by atoms with Gasteiger partial charge in [-0.05, 0) is 42.7 Å². The van der Waals surface area contributed by atoms with Crippen LogP contribution in [0.4, 0.5) is 5.69 Å². The van der Waals surface area contributed by atoms with E-state index in [1.807, 2.05) is 30.5 Å². The van der Waals surface area contributed by atoms with Gasteiger partial charge in [0.25, 0.3) is 10.0 Å². The summed E-state index contributed by atoms with van der Waals surface area (Å²) in [4.78, 5) is 28.6. The minimum Gasteiger partial charge on any atom is -0.379 e. The molecule has 4 rings (SSSR count). The van der Waals surface area contributed by atoms with Crippen molar-refractivity contribution in [1.82, 2.24) is 9.62 Å². The molecule has 0 radical (unpaired) electrons. The molecule has 0 spiro atoms. The zero-order valence-electron chi connectivity index (χ0n) is 17.7. The van der Waals surface area contributed by atoms with Gasteiger partial charge in [-0.25, -0.2) is 8.42 Å². The average Bonchev–Trinajstić information content (AvgIpc) is 3.45. The summed E-state index contributed by atoms with van der Waals surface area (Å²) in [5, 5.41) is 2.86. The van der Waals surface area contributed by atoms with Crippen LogP contribution in [-0.2, 0) is 30.9 Å².